The first-order chi connectivity index (χ1) is 16.3. The number of nitrogens with zero attached hydrogens (tertiary/aromatic N) is 3. The summed E-state index contributed by atoms with van der Waals surface area (Å²) in [7, 11) is 2.78. The van der Waals surface area contributed by atoms with Crippen molar-refractivity contribution >= 4 is 11.9 Å². The highest BCUT2D eigenvalue weighted by Crippen LogP contribution is 2.69. The van der Waals surface area contributed by atoms with E-state index in [-0.39, 0.29) is 5.56 Å². The average Bonchev–Trinajstić information content (AvgIpc) is 3.06. The van der Waals surface area contributed by atoms with Gasteiger partial charge >= 0.3 is 5.97 Å². The molecular weight excluding hydrogens is 436 g/mol. The topological polar surface area (TPSA) is 149 Å². The Bertz CT molecular complexity index is 1270. The highest BCUT2D eigenvalue weighted by molar-refractivity contribution is 5.91. The van der Waals surface area contributed by atoms with Gasteiger partial charge in [0.05, 0.1) is 43.9 Å². The highest BCUT2D eigenvalue weighted by Gasteiger charge is 2.79. The van der Waals surface area contributed by atoms with E-state index in [0.29, 0.717) is 16.9 Å². The fourth-order valence-electron chi connectivity index (χ4n) is 5.00. The van der Waals surface area contributed by atoms with E-state index < -0.39 is 40.5 Å². The summed E-state index contributed by atoms with van der Waals surface area (Å²) in [4.78, 5) is 11.8. The van der Waals surface area contributed by atoms with Crippen LogP contribution < -0.4 is 4.74 Å². The standard InChI is InChI=1S/C25H20N4O5/c1-23-19(15-8-10-18(31-2)11-9-15)25(14-28,22(29)34-23)24(12-26,13-27)20(33-23)16-4-6-17(7-5-16)21(30)32-3/h4-11,19-20,29H,1-3H3. The lowest BCUT2D eigenvalue weighted by atomic mass is 9.52. The Labute approximate surface area is 196 Å². The fraction of sp³-hybridized carbons (Fsp3) is 0.320. The van der Waals surface area contributed by atoms with Gasteiger partial charge in [-0.2, -0.15) is 15.8 Å². The lowest BCUT2D eigenvalue weighted by molar-refractivity contribution is -0.253. The maximum atomic E-state index is 11.8. The number of ether oxygens (including phenoxy) is 4. The van der Waals surface area contributed by atoms with Gasteiger partial charge in [0, 0.05) is 6.92 Å². The number of nitriles is 3. The predicted molar refractivity (Wildman–Crippen MR) is 116 cm³/mol. The number of nitrogens with one attached hydrogen (secondary N) is 1. The number of fused-ring (bicyclic) bond motifs is 2. The first-order valence-corrected chi connectivity index (χ1v) is 10.3. The lowest BCUT2D eigenvalue weighted by Gasteiger charge is -2.48. The minimum absolute atomic E-state index is 0.269. The van der Waals surface area contributed by atoms with E-state index in [1.807, 2.05) is 12.1 Å². The van der Waals surface area contributed by atoms with E-state index >= 15 is 0 Å². The Morgan fingerprint density at radius 1 is 0.971 bits per heavy atom. The molecule has 2 bridgehead atoms. The van der Waals surface area contributed by atoms with Gasteiger partial charge < -0.3 is 18.9 Å². The number of carbonyl (C=O) groups excluding carboxylic acids is 1. The maximum Gasteiger partial charge on any atom is 0.337 e. The molecule has 4 atom stereocenters. The maximum absolute atomic E-state index is 11.8. The fourth-order valence-corrected chi connectivity index (χ4v) is 5.00. The smallest absolute Gasteiger partial charge is 0.337 e. The second kappa shape index (κ2) is 7.88. The molecule has 170 valence electrons. The predicted octanol–water partition coefficient (Wildman–Crippen LogP) is 3.60. The quantitative estimate of drug-likeness (QED) is 0.686. The van der Waals surface area contributed by atoms with Gasteiger partial charge in [0.1, 0.15) is 11.9 Å². The van der Waals surface area contributed by atoms with Crippen molar-refractivity contribution in [3.8, 4) is 24.0 Å². The number of rotatable bonds is 4. The normalized spacial score (nSPS) is 28.5. The number of esters is 1. The van der Waals surface area contributed by atoms with E-state index in [1.165, 1.54) is 38.5 Å². The second-order valence-electron chi connectivity index (χ2n) is 8.22. The molecule has 34 heavy (non-hydrogen) atoms. The van der Waals surface area contributed by atoms with E-state index in [9.17, 15) is 20.6 Å². The highest BCUT2D eigenvalue weighted by atomic mass is 16.7. The van der Waals surface area contributed by atoms with Gasteiger partial charge in [0.2, 0.25) is 17.1 Å². The van der Waals surface area contributed by atoms with Crippen LogP contribution in [0.1, 0.15) is 40.4 Å². The first-order valence-electron chi connectivity index (χ1n) is 10.3. The van der Waals surface area contributed by atoms with Crippen LogP contribution in [-0.4, -0.2) is 31.9 Å². The van der Waals surface area contributed by atoms with Crippen molar-refractivity contribution in [2.75, 3.05) is 14.2 Å². The Balaban J connectivity index is 1.93. The van der Waals surface area contributed by atoms with Crippen LogP contribution in [0.5, 0.6) is 5.75 Å². The Morgan fingerprint density at radius 3 is 2.06 bits per heavy atom. The monoisotopic (exact) mass is 456 g/mol. The summed E-state index contributed by atoms with van der Waals surface area (Å²) >= 11 is 0. The van der Waals surface area contributed by atoms with Gasteiger partial charge in [-0.15, -0.1) is 0 Å². The van der Waals surface area contributed by atoms with E-state index in [0.717, 1.165) is 0 Å². The summed E-state index contributed by atoms with van der Waals surface area (Å²) < 4.78 is 22.0. The molecule has 4 unspecified atom stereocenters. The summed E-state index contributed by atoms with van der Waals surface area (Å²) in [5.74, 6) is -2.95. The summed E-state index contributed by atoms with van der Waals surface area (Å²) in [6, 6.07) is 18.9. The summed E-state index contributed by atoms with van der Waals surface area (Å²) in [6.07, 6.45) is -1.24. The summed E-state index contributed by atoms with van der Waals surface area (Å²) in [5, 5.41) is 39.8. The third-order valence-electron chi connectivity index (χ3n) is 6.60. The van der Waals surface area contributed by atoms with Crippen molar-refractivity contribution in [3.63, 3.8) is 0 Å². The van der Waals surface area contributed by atoms with Crippen molar-refractivity contribution < 1.29 is 23.7 Å². The van der Waals surface area contributed by atoms with E-state index in [1.54, 1.807) is 31.2 Å². The lowest BCUT2D eigenvalue weighted by Crippen LogP contribution is -2.57. The Hall–Kier alpha value is -4.39. The molecule has 0 aliphatic carbocycles. The third kappa shape index (κ3) is 2.80. The number of benzene rings is 2. The third-order valence-corrected chi connectivity index (χ3v) is 6.60. The molecule has 2 heterocycles. The minimum Gasteiger partial charge on any atom is -0.497 e. The molecule has 9 nitrogen and oxygen atoms in total. The molecule has 0 amide bonds. The SMILES string of the molecule is COC(=O)c1ccc(C2OC3(C)OC(=N)C(C#N)(C3c3ccc(OC)cc3)C2(C#N)C#N)cc1. The van der Waals surface area contributed by atoms with Crippen LogP contribution in [-0.2, 0) is 14.2 Å². The van der Waals surface area contributed by atoms with Crippen molar-refractivity contribution in [1.82, 2.24) is 0 Å². The molecule has 1 N–H and O–H groups in total. The molecule has 2 aliphatic heterocycles. The van der Waals surface area contributed by atoms with E-state index in [2.05, 4.69) is 6.07 Å². The molecule has 2 fully saturated rings. The molecule has 9 heteroatoms. The van der Waals surface area contributed by atoms with Crippen LogP contribution in [0.3, 0.4) is 0 Å². The molecule has 4 rings (SSSR count). The zero-order valence-electron chi connectivity index (χ0n) is 18.7. The molecule has 2 saturated heterocycles. The Morgan fingerprint density at radius 2 is 1.56 bits per heavy atom. The van der Waals surface area contributed by atoms with Gasteiger partial charge in [-0.05, 0) is 35.4 Å². The van der Waals surface area contributed by atoms with Gasteiger partial charge in [0.15, 0.2) is 5.41 Å². The van der Waals surface area contributed by atoms with E-state index in [4.69, 9.17) is 24.4 Å². The number of carbonyl (C=O) groups is 1. The van der Waals surface area contributed by atoms with Gasteiger partial charge in [0.25, 0.3) is 0 Å². The number of hydrogen-bond donors (Lipinski definition) is 1. The molecule has 0 radical (unpaired) electrons. The van der Waals surface area contributed by atoms with Crippen LogP contribution in [0.2, 0.25) is 0 Å². The zero-order chi connectivity index (χ0) is 24.7. The van der Waals surface area contributed by atoms with Crippen LogP contribution in [0.4, 0.5) is 0 Å². The van der Waals surface area contributed by atoms with Crippen molar-refractivity contribution in [2.45, 2.75) is 24.7 Å². The molecular formula is C25H20N4O5. The van der Waals surface area contributed by atoms with Crippen LogP contribution in [0, 0.1) is 50.2 Å². The largest absolute Gasteiger partial charge is 0.497 e. The molecule has 0 spiro atoms. The zero-order valence-corrected chi connectivity index (χ0v) is 18.7. The minimum atomic E-state index is -2.13. The van der Waals surface area contributed by atoms with Crippen LogP contribution in [0.15, 0.2) is 48.5 Å². The van der Waals surface area contributed by atoms with Crippen LogP contribution >= 0.6 is 0 Å². The summed E-state index contributed by atoms with van der Waals surface area (Å²) in [6.45, 7) is 1.59. The average molecular weight is 456 g/mol. The van der Waals surface area contributed by atoms with Gasteiger partial charge in [-0.1, -0.05) is 24.3 Å². The number of hydrogen-bond acceptors (Lipinski definition) is 9. The molecule has 2 aliphatic rings. The second-order valence-corrected chi connectivity index (χ2v) is 8.22. The van der Waals surface area contributed by atoms with Gasteiger partial charge in [-0.25, -0.2) is 4.79 Å². The van der Waals surface area contributed by atoms with Crippen molar-refractivity contribution in [3.05, 3.63) is 65.2 Å². The van der Waals surface area contributed by atoms with Gasteiger partial charge in [-0.3, -0.25) is 5.41 Å². The molecule has 2 aromatic rings. The van der Waals surface area contributed by atoms with Crippen LogP contribution in [0.25, 0.3) is 0 Å². The Kier molecular flexibility index (Phi) is 5.28. The molecule has 0 aromatic heterocycles. The molecule has 0 saturated carbocycles. The van der Waals surface area contributed by atoms with Crippen molar-refractivity contribution in [2.24, 2.45) is 10.8 Å². The van der Waals surface area contributed by atoms with Crippen molar-refractivity contribution in [1.29, 1.82) is 21.2 Å². The first kappa shape index (κ1) is 22.8. The summed E-state index contributed by atoms with van der Waals surface area (Å²) in [5.41, 5.74) is -2.89. The number of methoxy groups -OCH3 is 2. The molecule has 2 aromatic carbocycles.